The molecule has 1 aromatic carbocycles. The lowest BCUT2D eigenvalue weighted by Crippen LogP contribution is -2.16. The summed E-state index contributed by atoms with van der Waals surface area (Å²) in [6.45, 7) is 0. The Kier molecular flexibility index (Phi) is 4.26. The molecule has 0 spiro atoms. The van der Waals surface area contributed by atoms with E-state index in [-0.39, 0.29) is 12.2 Å². The van der Waals surface area contributed by atoms with Gasteiger partial charge in [0.05, 0.1) is 17.1 Å². The Balaban J connectivity index is 1.99. The van der Waals surface area contributed by atoms with Gasteiger partial charge in [-0.3, -0.25) is 14.6 Å². The Bertz CT molecular complexity index is 599. The minimum Gasteiger partial charge on any atom is -0.324 e. The van der Waals surface area contributed by atoms with Crippen molar-refractivity contribution in [2.45, 2.75) is 6.42 Å². The molecule has 0 atom stereocenters. The molecule has 0 saturated heterocycles. The van der Waals surface area contributed by atoms with Crippen molar-refractivity contribution in [1.29, 1.82) is 0 Å². The van der Waals surface area contributed by atoms with Crippen molar-refractivity contribution < 1.29 is 9.59 Å². The van der Waals surface area contributed by atoms with Crippen LogP contribution in [0.3, 0.4) is 0 Å². The van der Waals surface area contributed by atoms with Crippen molar-refractivity contribution in [1.82, 2.24) is 4.98 Å². The zero-order valence-corrected chi connectivity index (χ0v) is 10.7. The van der Waals surface area contributed by atoms with Gasteiger partial charge in [0.15, 0.2) is 5.78 Å². The number of aromatic nitrogens is 1. The molecule has 0 radical (unpaired) electrons. The maximum atomic E-state index is 11.8. The summed E-state index contributed by atoms with van der Waals surface area (Å²) in [5.74, 6) is -0.681. The lowest BCUT2D eigenvalue weighted by Gasteiger charge is -2.06. The van der Waals surface area contributed by atoms with Crippen molar-refractivity contribution >= 4 is 29.0 Å². The lowest BCUT2D eigenvalue weighted by atomic mass is 10.1. The molecule has 1 aromatic heterocycles. The minimum atomic E-state index is -0.401. The number of halogens is 1. The number of para-hydroxylation sites is 1. The highest BCUT2D eigenvalue weighted by atomic mass is 35.5. The van der Waals surface area contributed by atoms with Crippen LogP contribution in [-0.2, 0) is 4.79 Å². The van der Waals surface area contributed by atoms with E-state index in [0.717, 1.165) is 0 Å². The average molecular weight is 275 g/mol. The maximum absolute atomic E-state index is 11.8. The van der Waals surface area contributed by atoms with E-state index < -0.39 is 5.91 Å². The second kappa shape index (κ2) is 6.11. The van der Waals surface area contributed by atoms with Crippen molar-refractivity contribution in [2.75, 3.05) is 5.32 Å². The SMILES string of the molecule is O=C(CC(=O)c1cccnc1)Nc1ccccc1Cl. The third-order valence-electron chi connectivity index (χ3n) is 2.45. The molecule has 0 aliphatic heterocycles. The third kappa shape index (κ3) is 3.63. The summed E-state index contributed by atoms with van der Waals surface area (Å²) >= 11 is 5.91. The van der Waals surface area contributed by atoms with Crippen LogP contribution in [0.4, 0.5) is 5.69 Å². The van der Waals surface area contributed by atoms with Gasteiger partial charge in [0.1, 0.15) is 0 Å². The number of nitrogens with zero attached hydrogens (tertiary/aromatic N) is 1. The molecule has 0 aliphatic rings. The molecule has 96 valence electrons. The summed E-state index contributed by atoms with van der Waals surface area (Å²) in [7, 11) is 0. The van der Waals surface area contributed by atoms with E-state index in [0.29, 0.717) is 16.3 Å². The molecule has 1 N–H and O–H groups in total. The molecule has 19 heavy (non-hydrogen) atoms. The van der Waals surface area contributed by atoms with Crippen LogP contribution in [0.5, 0.6) is 0 Å². The predicted octanol–water partition coefficient (Wildman–Crippen LogP) is 2.95. The third-order valence-corrected chi connectivity index (χ3v) is 2.78. The smallest absolute Gasteiger partial charge is 0.232 e. The van der Waals surface area contributed by atoms with Gasteiger partial charge in [0.2, 0.25) is 5.91 Å². The number of rotatable bonds is 4. The zero-order valence-electron chi connectivity index (χ0n) is 9.97. The summed E-state index contributed by atoms with van der Waals surface area (Å²) in [4.78, 5) is 27.4. The normalized spacial score (nSPS) is 9.95. The highest BCUT2D eigenvalue weighted by molar-refractivity contribution is 6.33. The van der Waals surface area contributed by atoms with Crippen LogP contribution < -0.4 is 5.32 Å². The van der Waals surface area contributed by atoms with E-state index in [9.17, 15) is 9.59 Å². The Morgan fingerprint density at radius 1 is 1.16 bits per heavy atom. The van der Waals surface area contributed by atoms with Crippen LogP contribution in [0.1, 0.15) is 16.8 Å². The molecule has 4 nitrogen and oxygen atoms in total. The molecule has 0 aliphatic carbocycles. The van der Waals surface area contributed by atoms with E-state index in [2.05, 4.69) is 10.3 Å². The van der Waals surface area contributed by atoms with E-state index in [1.165, 1.54) is 6.20 Å². The number of carbonyl (C=O) groups is 2. The summed E-state index contributed by atoms with van der Waals surface area (Å²) in [5, 5.41) is 3.03. The Labute approximate surface area is 115 Å². The molecule has 0 saturated carbocycles. The Hall–Kier alpha value is -2.20. The molecule has 1 heterocycles. The highest BCUT2D eigenvalue weighted by Crippen LogP contribution is 2.20. The molecule has 1 amide bonds. The number of Topliss-reactive ketones (excluding diaryl/α,β-unsaturated/α-hetero) is 1. The van der Waals surface area contributed by atoms with Crippen LogP contribution in [0.15, 0.2) is 48.8 Å². The molecule has 0 bridgehead atoms. The topological polar surface area (TPSA) is 59.1 Å². The second-order valence-corrected chi connectivity index (χ2v) is 4.28. The fourth-order valence-electron chi connectivity index (χ4n) is 1.53. The van der Waals surface area contributed by atoms with Gasteiger partial charge in [-0.05, 0) is 24.3 Å². The lowest BCUT2D eigenvalue weighted by molar-refractivity contribution is -0.115. The Morgan fingerprint density at radius 3 is 2.63 bits per heavy atom. The predicted molar refractivity (Wildman–Crippen MR) is 73.3 cm³/mol. The van der Waals surface area contributed by atoms with E-state index >= 15 is 0 Å². The zero-order chi connectivity index (χ0) is 13.7. The van der Waals surface area contributed by atoms with Gasteiger partial charge >= 0.3 is 0 Å². The van der Waals surface area contributed by atoms with E-state index in [1.54, 1.807) is 42.6 Å². The monoisotopic (exact) mass is 274 g/mol. The maximum Gasteiger partial charge on any atom is 0.232 e. The first-order valence-electron chi connectivity index (χ1n) is 5.64. The standard InChI is InChI=1S/C14H11ClN2O2/c15-11-5-1-2-6-12(11)17-14(19)8-13(18)10-4-3-7-16-9-10/h1-7,9H,8H2,(H,17,19). The van der Waals surface area contributed by atoms with Crippen LogP contribution in [0.25, 0.3) is 0 Å². The average Bonchev–Trinajstić information content (AvgIpc) is 2.42. The number of anilines is 1. The number of pyridine rings is 1. The highest BCUT2D eigenvalue weighted by Gasteiger charge is 2.12. The number of ketones is 1. The summed E-state index contributed by atoms with van der Waals surface area (Å²) < 4.78 is 0. The largest absolute Gasteiger partial charge is 0.324 e. The summed E-state index contributed by atoms with van der Waals surface area (Å²) in [5.41, 5.74) is 0.907. The van der Waals surface area contributed by atoms with Gasteiger partial charge in [-0.1, -0.05) is 23.7 Å². The summed E-state index contributed by atoms with van der Waals surface area (Å²) in [6.07, 6.45) is 2.77. The van der Waals surface area contributed by atoms with Gasteiger partial charge < -0.3 is 5.32 Å². The number of amides is 1. The Morgan fingerprint density at radius 2 is 1.95 bits per heavy atom. The molecule has 0 fully saturated rings. The molecule has 2 rings (SSSR count). The number of nitrogens with one attached hydrogen (secondary N) is 1. The fourth-order valence-corrected chi connectivity index (χ4v) is 1.72. The fraction of sp³-hybridized carbons (Fsp3) is 0.0714. The van der Waals surface area contributed by atoms with Crippen molar-refractivity contribution in [3.63, 3.8) is 0 Å². The number of hydrogen-bond acceptors (Lipinski definition) is 3. The van der Waals surface area contributed by atoms with Gasteiger partial charge in [-0.25, -0.2) is 0 Å². The second-order valence-electron chi connectivity index (χ2n) is 3.87. The van der Waals surface area contributed by atoms with Gasteiger partial charge in [-0.15, -0.1) is 0 Å². The molecular formula is C14H11ClN2O2. The van der Waals surface area contributed by atoms with Crippen LogP contribution >= 0.6 is 11.6 Å². The number of carbonyl (C=O) groups excluding carboxylic acids is 2. The quantitative estimate of drug-likeness (QED) is 0.689. The van der Waals surface area contributed by atoms with Gasteiger partial charge in [-0.2, -0.15) is 0 Å². The molecule has 0 unspecified atom stereocenters. The first kappa shape index (κ1) is 13.2. The number of benzene rings is 1. The molecule has 5 heteroatoms. The van der Waals surface area contributed by atoms with Crippen LogP contribution in [0, 0.1) is 0 Å². The first-order valence-corrected chi connectivity index (χ1v) is 6.02. The molecular weight excluding hydrogens is 264 g/mol. The van der Waals surface area contributed by atoms with E-state index in [4.69, 9.17) is 11.6 Å². The van der Waals surface area contributed by atoms with Crippen molar-refractivity contribution in [3.05, 3.63) is 59.4 Å². The van der Waals surface area contributed by atoms with Crippen molar-refractivity contribution in [3.8, 4) is 0 Å². The van der Waals surface area contributed by atoms with E-state index in [1.807, 2.05) is 0 Å². The minimum absolute atomic E-state index is 0.239. The van der Waals surface area contributed by atoms with Gasteiger partial charge in [0.25, 0.3) is 0 Å². The summed E-state index contributed by atoms with van der Waals surface area (Å²) in [6, 6.07) is 10.1. The molecule has 2 aromatic rings. The van der Waals surface area contributed by atoms with Crippen molar-refractivity contribution in [2.24, 2.45) is 0 Å². The first-order chi connectivity index (χ1) is 9.16. The number of hydrogen-bond donors (Lipinski definition) is 1. The van der Waals surface area contributed by atoms with Gasteiger partial charge in [0, 0.05) is 18.0 Å². The van der Waals surface area contributed by atoms with Crippen LogP contribution in [-0.4, -0.2) is 16.7 Å². The van der Waals surface area contributed by atoms with Crippen LogP contribution in [0.2, 0.25) is 5.02 Å².